The van der Waals surface area contributed by atoms with E-state index in [0.29, 0.717) is 35.2 Å². The molecule has 10 heteroatoms. The van der Waals surface area contributed by atoms with Crippen molar-refractivity contribution in [2.45, 2.75) is 32.7 Å². The van der Waals surface area contributed by atoms with Gasteiger partial charge in [-0.05, 0) is 37.6 Å². The smallest absolute Gasteiger partial charge is 0.270 e. The van der Waals surface area contributed by atoms with Gasteiger partial charge in [-0.2, -0.15) is 4.98 Å². The van der Waals surface area contributed by atoms with Gasteiger partial charge in [0.2, 0.25) is 11.7 Å². The van der Waals surface area contributed by atoms with Crippen LogP contribution < -0.4 is 4.74 Å². The SMILES string of the molecule is CC[C@@H](C)N(CCc1nc(-c2cccc([N+](=O)[O-])c2)no1)C(=O)COc1ccc(Cl)cc1. The van der Waals surface area contributed by atoms with E-state index in [1.54, 1.807) is 41.3 Å². The molecule has 0 saturated heterocycles. The van der Waals surface area contributed by atoms with Gasteiger partial charge >= 0.3 is 0 Å². The summed E-state index contributed by atoms with van der Waals surface area (Å²) in [5.74, 6) is 1.00. The number of carbonyl (C=O) groups is 1. The quantitative estimate of drug-likeness (QED) is 0.323. The van der Waals surface area contributed by atoms with Gasteiger partial charge in [-0.1, -0.05) is 35.8 Å². The van der Waals surface area contributed by atoms with Crippen LogP contribution in [-0.4, -0.2) is 45.1 Å². The Bertz CT molecular complexity index is 1070. The maximum Gasteiger partial charge on any atom is 0.270 e. The van der Waals surface area contributed by atoms with E-state index in [1.165, 1.54) is 12.1 Å². The van der Waals surface area contributed by atoms with Gasteiger partial charge in [-0.3, -0.25) is 14.9 Å². The van der Waals surface area contributed by atoms with Crippen molar-refractivity contribution in [3.8, 4) is 17.1 Å². The Morgan fingerprint density at radius 3 is 2.72 bits per heavy atom. The minimum atomic E-state index is -0.480. The number of halogens is 1. The summed E-state index contributed by atoms with van der Waals surface area (Å²) in [6, 6.07) is 12.8. The molecule has 2 aromatic carbocycles. The van der Waals surface area contributed by atoms with Gasteiger partial charge < -0.3 is 14.2 Å². The van der Waals surface area contributed by atoms with Crippen LogP contribution in [0.3, 0.4) is 0 Å². The third-order valence-corrected chi connectivity index (χ3v) is 5.22. The number of hydrogen-bond donors (Lipinski definition) is 0. The average Bonchev–Trinajstić information content (AvgIpc) is 3.27. The second-order valence-electron chi connectivity index (χ2n) is 7.16. The first kappa shape index (κ1) is 23.2. The number of rotatable bonds is 10. The molecule has 1 atom stereocenters. The molecule has 1 heterocycles. The van der Waals surface area contributed by atoms with Crippen molar-refractivity contribution in [3.63, 3.8) is 0 Å². The van der Waals surface area contributed by atoms with Crippen LogP contribution in [0.15, 0.2) is 53.1 Å². The van der Waals surface area contributed by atoms with Crippen molar-refractivity contribution in [2.24, 2.45) is 0 Å². The van der Waals surface area contributed by atoms with Gasteiger partial charge in [0.05, 0.1) is 4.92 Å². The van der Waals surface area contributed by atoms with Crippen molar-refractivity contribution in [3.05, 3.63) is 69.6 Å². The normalized spacial score (nSPS) is 11.7. The van der Waals surface area contributed by atoms with Gasteiger partial charge in [0.15, 0.2) is 6.61 Å². The zero-order chi connectivity index (χ0) is 23.1. The van der Waals surface area contributed by atoms with Crippen molar-refractivity contribution < 1.29 is 19.0 Å². The van der Waals surface area contributed by atoms with Crippen LogP contribution in [0, 0.1) is 10.1 Å². The summed E-state index contributed by atoms with van der Waals surface area (Å²) < 4.78 is 10.9. The lowest BCUT2D eigenvalue weighted by Crippen LogP contribution is -2.42. The third-order valence-electron chi connectivity index (χ3n) is 4.97. The minimum Gasteiger partial charge on any atom is -0.484 e. The summed E-state index contributed by atoms with van der Waals surface area (Å²) in [5, 5.41) is 15.5. The van der Waals surface area contributed by atoms with E-state index in [-0.39, 0.29) is 30.1 Å². The minimum absolute atomic E-state index is 0.00418. The molecule has 168 valence electrons. The van der Waals surface area contributed by atoms with Crippen LogP contribution >= 0.6 is 11.6 Å². The summed E-state index contributed by atoms with van der Waals surface area (Å²) in [7, 11) is 0. The van der Waals surface area contributed by atoms with Crippen molar-refractivity contribution in [1.82, 2.24) is 15.0 Å². The number of amides is 1. The molecule has 1 amide bonds. The third kappa shape index (κ3) is 6.04. The molecule has 3 rings (SSSR count). The number of nitro groups is 1. The molecule has 9 nitrogen and oxygen atoms in total. The van der Waals surface area contributed by atoms with Crippen molar-refractivity contribution in [2.75, 3.05) is 13.2 Å². The van der Waals surface area contributed by atoms with Crippen LogP contribution in [0.4, 0.5) is 5.69 Å². The highest BCUT2D eigenvalue weighted by molar-refractivity contribution is 6.30. The molecular formula is C22H23ClN4O5. The van der Waals surface area contributed by atoms with E-state index >= 15 is 0 Å². The Kier molecular flexibility index (Phi) is 7.77. The molecule has 0 radical (unpaired) electrons. The monoisotopic (exact) mass is 458 g/mol. The molecule has 0 aliphatic heterocycles. The predicted molar refractivity (Wildman–Crippen MR) is 119 cm³/mol. The van der Waals surface area contributed by atoms with Crippen molar-refractivity contribution >= 4 is 23.2 Å². The van der Waals surface area contributed by atoms with E-state index in [0.717, 1.165) is 6.42 Å². The first-order valence-electron chi connectivity index (χ1n) is 10.1. The Morgan fingerprint density at radius 2 is 2.03 bits per heavy atom. The fourth-order valence-corrected chi connectivity index (χ4v) is 3.14. The zero-order valence-corrected chi connectivity index (χ0v) is 18.5. The number of hydrogen-bond acceptors (Lipinski definition) is 7. The van der Waals surface area contributed by atoms with Gasteiger partial charge in [0.1, 0.15) is 5.75 Å². The molecule has 0 aliphatic rings. The number of aromatic nitrogens is 2. The fourth-order valence-electron chi connectivity index (χ4n) is 3.02. The summed E-state index contributed by atoms with van der Waals surface area (Å²) >= 11 is 5.87. The summed E-state index contributed by atoms with van der Waals surface area (Å²) in [5.41, 5.74) is 0.434. The molecule has 0 bridgehead atoms. The molecule has 0 saturated carbocycles. The number of nitro benzene ring substituents is 1. The van der Waals surface area contributed by atoms with E-state index in [9.17, 15) is 14.9 Å². The topological polar surface area (TPSA) is 112 Å². The van der Waals surface area contributed by atoms with Crippen LogP contribution in [-0.2, 0) is 11.2 Å². The molecular weight excluding hydrogens is 436 g/mol. The number of carbonyl (C=O) groups excluding carboxylic acids is 1. The van der Waals surface area contributed by atoms with Gasteiger partial charge in [-0.25, -0.2) is 0 Å². The van der Waals surface area contributed by atoms with Gasteiger partial charge in [-0.15, -0.1) is 0 Å². The van der Waals surface area contributed by atoms with Gasteiger partial charge in [0, 0.05) is 41.7 Å². The Labute approximate surface area is 190 Å². The lowest BCUT2D eigenvalue weighted by atomic mass is 10.2. The maximum absolute atomic E-state index is 12.8. The van der Waals surface area contributed by atoms with E-state index in [1.807, 2.05) is 13.8 Å². The fraction of sp³-hybridized carbons (Fsp3) is 0.318. The zero-order valence-electron chi connectivity index (χ0n) is 17.7. The molecule has 0 aliphatic carbocycles. The molecule has 32 heavy (non-hydrogen) atoms. The highest BCUT2D eigenvalue weighted by atomic mass is 35.5. The number of non-ortho nitro benzene ring substituents is 1. The first-order valence-corrected chi connectivity index (χ1v) is 10.5. The number of benzene rings is 2. The number of nitrogens with zero attached hydrogens (tertiary/aromatic N) is 4. The lowest BCUT2D eigenvalue weighted by Gasteiger charge is -2.28. The average molecular weight is 459 g/mol. The van der Waals surface area contributed by atoms with E-state index in [2.05, 4.69) is 10.1 Å². The largest absolute Gasteiger partial charge is 0.484 e. The summed E-state index contributed by atoms with van der Waals surface area (Å²) in [4.78, 5) is 29.3. The Hall–Kier alpha value is -3.46. The van der Waals surface area contributed by atoms with E-state index in [4.69, 9.17) is 20.9 Å². The summed E-state index contributed by atoms with van der Waals surface area (Å²) in [6.07, 6.45) is 1.12. The first-order chi connectivity index (χ1) is 15.4. The van der Waals surface area contributed by atoms with Crippen molar-refractivity contribution in [1.29, 1.82) is 0 Å². The highest BCUT2D eigenvalue weighted by Crippen LogP contribution is 2.22. The molecule has 0 unspecified atom stereocenters. The lowest BCUT2D eigenvalue weighted by molar-refractivity contribution is -0.384. The molecule has 3 aromatic rings. The maximum atomic E-state index is 12.8. The molecule has 0 fully saturated rings. The number of ether oxygens (including phenoxy) is 1. The molecule has 1 aromatic heterocycles. The molecule has 0 spiro atoms. The second-order valence-corrected chi connectivity index (χ2v) is 7.59. The Balaban J connectivity index is 1.63. The highest BCUT2D eigenvalue weighted by Gasteiger charge is 2.21. The van der Waals surface area contributed by atoms with Crippen LogP contribution in [0.1, 0.15) is 26.2 Å². The van der Waals surface area contributed by atoms with E-state index < -0.39 is 4.92 Å². The Morgan fingerprint density at radius 1 is 1.28 bits per heavy atom. The van der Waals surface area contributed by atoms with Crippen LogP contribution in [0.5, 0.6) is 5.75 Å². The standard InChI is InChI=1S/C22H23ClN4O5/c1-3-15(2)26(21(28)14-31-19-9-7-17(23)8-10-19)12-11-20-24-22(25-32-20)16-5-4-6-18(13-16)27(29)30/h4-10,13,15H,3,11-12,14H2,1-2H3/t15-/m1/s1. The predicted octanol–water partition coefficient (Wildman–Crippen LogP) is 4.55. The van der Waals surface area contributed by atoms with Crippen LogP contribution in [0.25, 0.3) is 11.4 Å². The second kappa shape index (κ2) is 10.7. The summed E-state index contributed by atoms with van der Waals surface area (Å²) in [6.45, 7) is 4.23. The van der Waals surface area contributed by atoms with Gasteiger partial charge in [0.25, 0.3) is 11.6 Å². The van der Waals surface area contributed by atoms with Crippen LogP contribution in [0.2, 0.25) is 5.02 Å². The molecule has 0 N–H and O–H groups in total.